The molecule has 0 aromatic rings. The van der Waals surface area contributed by atoms with E-state index < -0.39 is 0 Å². The number of nitrogens with zero attached hydrogens (tertiary/aromatic N) is 2. The maximum absolute atomic E-state index is 12.5. The van der Waals surface area contributed by atoms with E-state index in [2.05, 4.69) is 4.74 Å². The van der Waals surface area contributed by atoms with Crippen LogP contribution in [0.3, 0.4) is 0 Å². The molecule has 0 aromatic heterocycles. The molecule has 0 bridgehead atoms. The Balaban J connectivity index is 2.56. The average molecular weight is 328 g/mol. The normalized spacial score (nSPS) is 17.9. The fraction of sp³-hybridized carbons (Fsp3) is 0.812. The average Bonchev–Trinajstić information content (AvgIpc) is 2.55. The van der Waals surface area contributed by atoms with Crippen LogP contribution in [0.4, 0.5) is 0 Å². The van der Waals surface area contributed by atoms with Gasteiger partial charge in [-0.1, -0.05) is 6.92 Å². The molecule has 7 nitrogen and oxygen atoms in total. The molecule has 0 unspecified atom stereocenters. The summed E-state index contributed by atoms with van der Waals surface area (Å²) in [6.45, 7) is 6.08. The Bertz CT molecular complexity index is 413. The molecule has 1 saturated heterocycles. The van der Waals surface area contributed by atoms with Crippen LogP contribution in [-0.2, 0) is 23.9 Å². The van der Waals surface area contributed by atoms with E-state index in [4.69, 9.17) is 4.74 Å². The second-order valence-electron chi connectivity index (χ2n) is 5.72. The predicted octanol–water partition coefficient (Wildman–Crippen LogP) is 0.673. The highest BCUT2D eigenvalue weighted by atomic mass is 16.5. The van der Waals surface area contributed by atoms with Crippen LogP contribution in [0.25, 0.3) is 0 Å². The third kappa shape index (κ3) is 6.56. The largest absolute Gasteiger partial charge is 0.468 e. The molecule has 1 atom stereocenters. The van der Waals surface area contributed by atoms with Gasteiger partial charge in [-0.2, -0.15) is 0 Å². The first kappa shape index (κ1) is 19.4. The molecule has 1 aliphatic rings. The number of amides is 1. The van der Waals surface area contributed by atoms with Gasteiger partial charge >= 0.3 is 11.9 Å². The summed E-state index contributed by atoms with van der Waals surface area (Å²) in [5.41, 5.74) is 0. The van der Waals surface area contributed by atoms with E-state index >= 15 is 0 Å². The molecule has 1 rings (SSSR count). The molecule has 0 radical (unpaired) electrons. The van der Waals surface area contributed by atoms with E-state index in [1.54, 1.807) is 16.7 Å². The van der Waals surface area contributed by atoms with E-state index in [0.29, 0.717) is 26.2 Å². The van der Waals surface area contributed by atoms with Crippen molar-refractivity contribution in [1.82, 2.24) is 9.80 Å². The summed E-state index contributed by atoms with van der Waals surface area (Å²) in [4.78, 5) is 39.2. The summed E-state index contributed by atoms with van der Waals surface area (Å²) in [6.07, 6.45) is 2.39. The van der Waals surface area contributed by atoms with Crippen molar-refractivity contribution in [2.24, 2.45) is 5.92 Å². The fourth-order valence-electron chi connectivity index (χ4n) is 2.72. The summed E-state index contributed by atoms with van der Waals surface area (Å²) in [5.74, 6) is -0.886. The quantitative estimate of drug-likeness (QED) is 0.610. The molecule has 0 saturated carbocycles. The predicted molar refractivity (Wildman–Crippen MR) is 84.7 cm³/mol. The Morgan fingerprint density at radius 3 is 2.57 bits per heavy atom. The van der Waals surface area contributed by atoms with Gasteiger partial charge in [0.1, 0.15) is 0 Å². The molecule has 0 aromatic carbocycles. The number of piperidine rings is 1. The number of carbonyl (C=O) groups excluding carboxylic acids is 3. The van der Waals surface area contributed by atoms with Gasteiger partial charge in [-0.25, -0.2) is 0 Å². The first-order chi connectivity index (χ1) is 11.0. The molecule has 1 fully saturated rings. The zero-order valence-electron chi connectivity index (χ0n) is 14.4. The van der Waals surface area contributed by atoms with Crippen molar-refractivity contribution in [3.8, 4) is 0 Å². The van der Waals surface area contributed by atoms with Gasteiger partial charge in [0.2, 0.25) is 5.91 Å². The van der Waals surface area contributed by atoms with Gasteiger partial charge in [-0.05, 0) is 32.7 Å². The number of hydrogen-bond donors (Lipinski definition) is 0. The minimum atomic E-state index is -0.353. The van der Waals surface area contributed by atoms with Gasteiger partial charge in [-0.3, -0.25) is 19.3 Å². The van der Waals surface area contributed by atoms with Gasteiger partial charge in [0.15, 0.2) is 0 Å². The number of hydrogen-bond acceptors (Lipinski definition) is 6. The third-order valence-corrected chi connectivity index (χ3v) is 3.87. The van der Waals surface area contributed by atoms with Crippen LogP contribution in [0.15, 0.2) is 0 Å². The second-order valence-corrected chi connectivity index (χ2v) is 5.72. The van der Waals surface area contributed by atoms with Crippen LogP contribution >= 0.6 is 0 Å². The first-order valence-corrected chi connectivity index (χ1v) is 8.25. The second kappa shape index (κ2) is 10.2. The molecule has 132 valence electrons. The SMILES string of the molecule is CCCN(CC(=O)OC)CC(=O)N1CCC[C@@H](C(=O)OCC)C1. The lowest BCUT2D eigenvalue weighted by Crippen LogP contribution is -2.47. The van der Waals surface area contributed by atoms with Crippen LogP contribution < -0.4 is 0 Å². The zero-order chi connectivity index (χ0) is 17.2. The number of methoxy groups -OCH3 is 1. The maximum Gasteiger partial charge on any atom is 0.319 e. The number of esters is 2. The lowest BCUT2D eigenvalue weighted by molar-refractivity contribution is -0.151. The minimum absolute atomic E-state index is 0.0589. The van der Waals surface area contributed by atoms with Crippen molar-refractivity contribution in [2.45, 2.75) is 33.1 Å². The molecule has 23 heavy (non-hydrogen) atoms. The molecule has 0 N–H and O–H groups in total. The lowest BCUT2D eigenvalue weighted by atomic mass is 9.98. The van der Waals surface area contributed by atoms with Crippen molar-refractivity contribution in [3.05, 3.63) is 0 Å². The van der Waals surface area contributed by atoms with E-state index in [1.165, 1.54) is 7.11 Å². The summed E-state index contributed by atoms with van der Waals surface area (Å²) in [6, 6.07) is 0. The molecule has 1 aliphatic heterocycles. The highest BCUT2D eigenvalue weighted by Crippen LogP contribution is 2.18. The Kier molecular flexibility index (Phi) is 8.61. The summed E-state index contributed by atoms with van der Waals surface area (Å²) >= 11 is 0. The summed E-state index contributed by atoms with van der Waals surface area (Å²) in [7, 11) is 1.34. The number of rotatable bonds is 8. The Morgan fingerprint density at radius 2 is 1.96 bits per heavy atom. The molecule has 0 spiro atoms. The van der Waals surface area contributed by atoms with Crippen LogP contribution in [-0.4, -0.2) is 74.1 Å². The number of carbonyl (C=O) groups is 3. The summed E-state index contributed by atoms with van der Waals surface area (Å²) in [5, 5.41) is 0. The van der Waals surface area contributed by atoms with Gasteiger partial charge in [-0.15, -0.1) is 0 Å². The maximum atomic E-state index is 12.5. The van der Waals surface area contributed by atoms with Crippen molar-refractivity contribution in [1.29, 1.82) is 0 Å². The van der Waals surface area contributed by atoms with Crippen LogP contribution in [0.5, 0.6) is 0 Å². The van der Waals surface area contributed by atoms with E-state index in [1.807, 2.05) is 6.92 Å². The minimum Gasteiger partial charge on any atom is -0.468 e. The van der Waals surface area contributed by atoms with E-state index in [-0.39, 0.29) is 36.9 Å². The summed E-state index contributed by atoms with van der Waals surface area (Å²) < 4.78 is 9.71. The zero-order valence-corrected chi connectivity index (χ0v) is 14.4. The number of ether oxygens (including phenoxy) is 2. The van der Waals surface area contributed by atoms with E-state index in [0.717, 1.165) is 19.3 Å². The topological polar surface area (TPSA) is 76.2 Å². The number of likely N-dealkylation sites (tertiary alicyclic amines) is 1. The molecule has 1 heterocycles. The van der Waals surface area contributed by atoms with Gasteiger partial charge in [0.25, 0.3) is 0 Å². The molecule has 0 aliphatic carbocycles. The van der Waals surface area contributed by atoms with Crippen LogP contribution in [0, 0.1) is 5.92 Å². The van der Waals surface area contributed by atoms with Crippen LogP contribution in [0.1, 0.15) is 33.1 Å². The standard InChI is InChI=1S/C16H28N2O5/c1-4-8-17(12-15(20)22-3)11-14(19)18-9-6-7-13(10-18)16(21)23-5-2/h13H,4-12H2,1-3H3/t13-/m1/s1. The Hall–Kier alpha value is -1.63. The van der Waals surface area contributed by atoms with E-state index in [9.17, 15) is 14.4 Å². The van der Waals surface area contributed by atoms with Crippen LogP contribution in [0.2, 0.25) is 0 Å². The van der Waals surface area contributed by atoms with Gasteiger partial charge < -0.3 is 14.4 Å². The monoisotopic (exact) mass is 328 g/mol. The smallest absolute Gasteiger partial charge is 0.319 e. The van der Waals surface area contributed by atoms with Crippen molar-refractivity contribution < 1.29 is 23.9 Å². The van der Waals surface area contributed by atoms with Crippen molar-refractivity contribution >= 4 is 17.8 Å². The van der Waals surface area contributed by atoms with Crippen molar-refractivity contribution in [3.63, 3.8) is 0 Å². The van der Waals surface area contributed by atoms with Crippen molar-refractivity contribution in [2.75, 3.05) is 46.4 Å². The fourth-order valence-corrected chi connectivity index (χ4v) is 2.72. The Labute approximate surface area is 137 Å². The molecule has 7 heteroatoms. The van der Waals surface area contributed by atoms with Gasteiger partial charge in [0, 0.05) is 13.1 Å². The lowest BCUT2D eigenvalue weighted by Gasteiger charge is -2.33. The Morgan fingerprint density at radius 1 is 1.22 bits per heavy atom. The highest BCUT2D eigenvalue weighted by molar-refractivity contribution is 5.81. The van der Waals surface area contributed by atoms with Gasteiger partial charge in [0.05, 0.1) is 32.7 Å². The molecular weight excluding hydrogens is 300 g/mol. The highest BCUT2D eigenvalue weighted by Gasteiger charge is 2.30. The molecule has 1 amide bonds. The first-order valence-electron chi connectivity index (χ1n) is 8.25. The molecular formula is C16H28N2O5. The third-order valence-electron chi connectivity index (χ3n) is 3.87.